The molecule has 21 heavy (non-hydrogen) atoms. The number of nitrogens with zero attached hydrogens (tertiary/aromatic N) is 5. The minimum absolute atomic E-state index is 0.0912. The van der Waals surface area contributed by atoms with E-state index in [1.165, 1.54) is 17.5 Å². The van der Waals surface area contributed by atoms with Gasteiger partial charge in [0.2, 0.25) is 11.9 Å². The Balaban J connectivity index is 1.45. The third-order valence-corrected chi connectivity index (χ3v) is 3.14. The monoisotopic (exact) mass is 287 g/mol. The molecule has 2 heterocycles. The van der Waals surface area contributed by atoms with Crippen LogP contribution in [0.3, 0.4) is 0 Å². The molecular formula is C13H17N7O. The molecule has 1 fully saturated rings. The van der Waals surface area contributed by atoms with Crippen molar-refractivity contribution in [2.24, 2.45) is 5.92 Å². The number of rotatable bonds is 7. The van der Waals surface area contributed by atoms with Gasteiger partial charge in [-0.2, -0.15) is 0 Å². The molecule has 1 aliphatic rings. The van der Waals surface area contributed by atoms with Crippen LogP contribution in [0.2, 0.25) is 0 Å². The van der Waals surface area contributed by atoms with Crippen LogP contribution in [0.1, 0.15) is 18.5 Å². The van der Waals surface area contributed by atoms with Crippen molar-refractivity contribution in [3.05, 3.63) is 30.4 Å². The highest BCUT2D eigenvalue weighted by Gasteiger charge is 2.20. The first-order valence-corrected chi connectivity index (χ1v) is 6.96. The fourth-order valence-corrected chi connectivity index (χ4v) is 1.90. The standard InChI is InChI=1S/C13H17N7O/c21-12(17-13-15-4-1-5-16-13)9-20-8-11(18-19-20)7-14-6-10-2-3-10/h1,4-5,8,10,14H,2-3,6-7,9H2,(H,15,16,17,21). The highest BCUT2D eigenvalue weighted by atomic mass is 16.2. The predicted octanol–water partition coefficient (Wildman–Crippen LogP) is 0.206. The van der Waals surface area contributed by atoms with E-state index in [9.17, 15) is 4.79 Å². The average Bonchev–Trinajstić information content (AvgIpc) is 3.20. The molecule has 8 nitrogen and oxygen atoms in total. The third-order valence-electron chi connectivity index (χ3n) is 3.14. The molecule has 110 valence electrons. The van der Waals surface area contributed by atoms with Gasteiger partial charge in [-0.25, -0.2) is 14.6 Å². The second kappa shape index (κ2) is 6.40. The molecule has 2 aromatic rings. The van der Waals surface area contributed by atoms with Crippen molar-refractivity contribution in [2.75, 3.05) is 11.9 Å². The van der Waals surface area contributed by atoms with E-state index in [4.69, 9.17) is 0 Å². The smallest absolute Gasteiger partial charge is 0.248 e. The van der Waals surface area contributed by atoms with Crippen molar-refractivity contribution in [1.29, 1.82) is 0 Å². The fourth-order valence-electron chi connectivity index (χ4n) is 1.90. The second-order valence-electron chi connectivity index (χ2n) is 5.10. The van der Waals surface area contributed by atoms with Gasteiger partial charge in [0.1, 0.15) is 6.54 Å². The quantitative estimate of drug-likeness (QED) is 0.755. The number of carbonyl (C=O) groups is 1. The molecule has 1 amide bonds. The van der Waals surface area contributed by atoms with Crippen LogP contribution in [0.5, 0.6) is 0 Å². The van der Waals surface area contributed by atoms with Gasteiger partial charge in [0.25, 0.3) is 0 Å². The zero-order chi connectivity index (χ0) is 14.5. The van der Waals surface area contributed by atoms with Crippen LogP contribution in [-0.2, 0) is 17.9 Å². The van der Waals surface area contributed by atoms with Crippen molar-refractivity contribution < 1.29 is 4.79 Å². The lowest BCUT2D eigenvalue weighted by Gasteiger charge is -2.02. The van der Waals surface area contributed by atoms with Gasteiger partial charge in [0.05, 0.1) is 11.9 Å². The van der Waals surface area contributed by atoms with E-state index >= 15 is 0 Å². The van der Waals surface area contributed by atoms with Crippen LogP contribution < -0.4 is 10.6 Å². The van der Waals surface area contributed by atoms with Gasteiger partial charge in [-0.3, -0.25) is 10.1 Å². The number of hydrogen-bond acceptors (Lipinski definition) is 6. The topological polar surface area (TPSA) is 97.6 Å². The van der Waals surface area contributed by atoms with Crippen molar-refractivity contribution in [3.63, 3.8) is 0 Å². The number of amides is 1. The Morgan fingerprint density at radius 2 is 2.14 bits per heavy atom. The lowest BCUT2D eigenvalue weighted by Crippen LogP contribution is -2.20. The van der Waals surface area contributed by atoms with Crippen LogP contribution in [0, 0.1) is 5.92 Å². The molecule has 8 heteroatoms. The van der Waals surface area contributed by atoms with E-state index in [0.29, 0.717) is 6.54 Å². The zero-order valence-electron chi connectivity index (χ0n) is 11.6. The van der Waals surface area contributed by atoms with Crippen molar-refractivity contribution in [2.45, 2.75) is 25.9 Å². The molecular weight excluding hydrogens is 270 g/mol. The fraction of sp³-hybridized carbons (Fsp3) is 0.462. The van der Waals surface area contributed by atoms with Crippen LogP contribution in [0.4, 0.5) is 5.95 Å². The lowest BCUT2D eigenvalue weighted by molar-refractivity contribution is -0.117. The Morgan fingerprint density at radius 1 is 1.33 bits per heavy atom. The summed E-state index contributed by atoms with van der Waals surface area (Å²) in [5.74, 6) is 0.884. The van der Waals surface area contributed by atoms with Gasteiger partial charge in [0, 0.05) is 18.9 Å². The lowest BCUT2D eigenvalue weighted by atomic mass is 10.4. The number of nitrogens with one attached hydrogen (secondary N) is 2. The molecule has 0 atom stereocenters. The van der Waals surface area contributed by atoms with Crippen LogP contribution >= 0.6 is 0 Å². The molecule has 1 aliphatic carbocycles. The second-order valence-corrected chi connectivity index (χ2v) is 5.10. The van der Waals surface area contributed by atoms with Gasteiger partial charge >= 0.3 is 0 Å². The number of carbonyl (C=O) groups excluding carboxylic acids is 1. The minimum atomic E-state index is -0.233. The highest BCUT2D eigenvalue weighted by Crippen LogP contribution is 2.27. The maximum atomic E-state index is 11.8. The van der Waals surface area contributed by atoms with E-state index in [0.717, 1.165) is 18.2 Å². The van der Waals surface area contributed by atoms with Crippen molar-refractivity contribution in [1.82, 2.24) is 30.3 Å². The number of hydrogen-bond donors (Lipinski definition) is 2. The predicted molar refractivity (Wildman–Crippen MR) is 75.1 cm³/mol. The summed E-state index contributed by atoms with van der Waals surface area (Å²) in [6.45, 7) is 1.80. The van der Waals surface area contributed by atoms with E-state index in [1.807, 2.05) is 0 Å². The number of anilines is 1. The van der Waals surface area contributed by atoms with E-state index in [1.54, 1.807) is 24.7 Å². The van der Waals surface area contributed by atoms with Crippen molar-refractivity contribution in [3.8, 4) is 0 Å². The summed E-state index contributed by atoms with van der Waals surface area (Å²) in [7, 11) is 0. The summed E-state index contributed by atoms with van der Waals surface area (Å²) < 4.78 is 1.51. The molecule has 0 saturated heterocycles. The third kappa shape index (κ3) is 4.32. The molecule has 0 radical (unpaired) electrons. The maximum absolute atomic E-state index is 11.8. The Hall–Kier alpha value is -2.35. The van der Waals surface area contributed by atoms with E-state index < -0.39 is 0 Å². The van der Waals surface area contributed by atoms with Gasteiger partial charge in [-0.05, 0) is 31.4 Å². The molecule has 2 aromatic heterocycles. The highest BCUT2D eigenvalue weighted by molar-refractivity contribution is 5.88. The summed E-state index contributed by atoms with van der Waals surface area (Å²) in [6, 6.07) is 1.69. The van der Waals surface area contributed by atoms with E-state index in [-0.39, 0.29) is 18.4 Å². The van der Waals surface area contributed by atoms with Gasteiger partial charge < -0.3 is 5.32 Å². The Labute approximate surface area is 122 Å². The van der Waals surface area contributed by atoms with Crippen molar-refractivity contribution >= 4 is 11.9 Å². The molecule has 0 spiro atoms. The first kappa shape index (κ1) is 13.6. The molecule has 0 unspecified atom stereocenters. The summed E-state index contributed by atoms with van der Waals surface area (Å²) in [4.78, 5) is 19.7. The Morgan fingerprint density at radius 3 is 2.90 bits per heavy atom. The zero-order valence-corrected chi connectivity index (χ0v) is 11.6. The SMILES string of the molecule is O=C(Cn1cc(CNCC2CC2)nn1)Nc1ncccn1. The van der Waals surface area contributed by atoms with Gasteiger partial charge in [0.15, 0.2) is 0 Å². The van der Waals surface area contributed by atoms with Crippen LogP contribution in [0.25, 0.3) is 0 Å². The molecule has 0 bridgehead atoms. The molecule has 1 saturated carbocycles. The first-order valence-electron chi connectivity index (χ1n) is 6.96. The number of aromatic nitrogens is 5. The molecule has 3 rings (SSSR count). The Bertz CT molecular complexity index is 594. The molecule has 0 aromatic carbocycles. The van der Waals surface area contributed by atoms with Crippen LogP contribution in [-0.4, -0.2) is 37.4 Å². The van der Waals surface area contributed by atoms with Gasteiger partial charge in [-0.1, -0.05) is 5.21 Å². The average molecular weight is 287 g/mol. The summed E-state index contributed by atoms with van der Waals surface area (Å²) in [6.07, 6.45) is 7.55. The minimum Gasteiger partial charge on any atom is -0.311 e. The summed E-state index contributed by atoms with van der Waals surface area (Å²) in [5, 5.41) is 13.9. The van der Waals surface area contributed by atoms with Gasteiger partial charge in [-0.15, -0.1) is 5.10 Å². The molecule has 0 aliphatic heterocycles. The first-order chi connectivity index (χ1) is 10.3. The largest absolute Gasteiger partial charge is 0.311 e. The normalized spacial score (nSPS) is 14.1. The summed E-state index contributed by atoms with van der Waals surface area (Å²) >= 11 is 0. The maximum Gasteiger partial charge on any atom is 0.248 e. The molecule has 2 N–H and O–H groups in total. The van der Waals surface area contributed by atoms with E-state index in [2.05, 4.69) is 30.9 Å². The van der Waals surface area contributed by atoms with Crippen LogP contribution in [0.15, 0.2) is 24.7 Å². The summed E-state index contributed by atoms with van der Waals surface area (Å²) in [5.41, 5.74) is 0.833. The Kier molecular flexibility index (Phi) is 4.15.